The lowest BCUT2D eigenvalue weighted by Crippen LogP contribution is -2.23. The Bertz CT molecular complexity index is 517. The van der Waals surface area contributed by atoms with Crippen LogP contribution < -0.4 is 14.8 Å². The molecule has 0 atom stereocenters. The zero-order chi connectivity index (χ0) is 15.2. The van der Waals surface area contributed by atoms with E-state index >= 15 is 0 Å². The van der Waals surface area contributed by atoms with E-state index < -0.39 is 9.84 Å². The van der Waals surface area contributed by atoms with Gasteiger partial charge in [0.2, 0.25) is 5.75 Å². The van der Waals surface area contributed by atoms with Crippen LogP contribution in [-0.2, 0) is 16.4 Å². The van der Waals surface area contributed by atoms with Gasteiger partial charge in [-0.2, -0.15) is 0 Å². The quantitative estimate of drug-likeness (QED) is 0.695. The number of methoxy groups -OCH3 is 2. The van der Waals surface area contributed by atoms with Crippen LogP contribution in [0.5, 0.6) is 17.2 Å². The van der Waals surface area contributed by atoms with Crippen LogP contribution in [0.25, 0.3) is 0 Å². The standard InChI is InChI=1S/C13H21NO5S/c1-4-20(16,17)6-5-14-9-10-7-11(18-2)13(15)12(8-10)19-3/h7-8,14-15H,4-6,9H2,1-3H3. The Kier molecular flexibility index (Phi) is 6.09. The lowest BCUT2D eigenvalue weighted by atomic mass is 10.2. The van der Waals surface area contributed by atoms with Crippen molar-refractivity contribution in [2.75, 3.05) is 32.3 Å². The fraction of sp³-hybridized carbons (Fsp3) is 0.538. The van der Waals surface area contributed by atoms with Crippen molar-refractivity contribution >= 4 is 9.84 Å². The summed E-state index contributed by atoms with van der Waals surface area (Å²) in [4.78, 5) is 0. The molecule has 0 amide bonds. The van der Waals surface area contributed by atoms with Crippen LogP contribution in [0, 0.1) is 0 Å². The number of phenols is 1. The second-order valence-electron chi connectivity index (χ2n) is 4.26. The van der Waals surface area contributed by atoms with Gasteiger partial charge in [-0.3, -0.25) is 0 Å². The molecule has 1 rings (SSSR count). The first kappa shape index (κ1) is 16.6. The van der Waals surface area contributed by atoms with Crippen LogP contribution in [-0.4, -0.2) is 45.8 Å². The summed E-state index contributed by atoms with van der Waals surface area (Å²) in [6.07, 6.45) is 0. The first-order valence-corrected chi connectivity index (χ1v) is 8.10. The third kappa shape index (κ3) is 4.57. The molecule has 6 nitrogen and oxygen atoms in total. The van der Waals surface area contributed by atoms with Gasteiger partial charge in [-0.15, -0.1) is 0 Å². The van der Waals surface area contributed by atoms with E-state index in [1.165, 1.54) is 14.2 Å². The van der Waals surface area contributed by atoms with Crippen molar-refractivity contribution < 1.29 is 23.0 Å². The average Bonchev–Trinajstić information content (AvgIpc) is 2.44. The van der Waals surface area contributed by atoms with Gasteiger partial charge >= 0.3 is 0 Å². The van der Waals surface area contributed by atoms with Crippen molar-refractivity contribution in [3.05, 3.63) is 17.7 Å². The van der Waals surface area contributed by atoms with Crippen molar-refractivity contribution in [3.63, 3.8) is 0 Å². The molecule has 20 heavy (non-hydrogen) atoms. The lowest BCUT2D eigenvalue weighted by molar-refractivity contribution is 0.339. The third-order valence-corrected chi connectivity index (χ3v) is 4.60. The van der Waals surface area contributed by atoms with Gasteiger partial charge in [0.1, 0.15) is 0 Å². The first-order chi connectivity index (χ1) is 9.43. The maximum atomic E-state index is 11.3. The maximum Gasteiger partial charge on any atom is 0.200 e. The highest BCUT2D eigenvalue weighted by molar-refractivity contribution is 7.91. The summed E-state index contributed by atoms with van der Waals surface area (Å²) in [6, 6.07) is 3.36. The molecule has 0 bridgehead atoms. The maximum absolute atomic E-state index is 11.3. The summed E-state index contributed by atoms with van der Waals surface area (Å²) in [7, 11) is -0.0425. The molecular formula is C13H21NO5S. The number of phenolic OH excluding ortho intramolecular Hbond substituents is 1. The van der Waals surface area contributed by atoms with Gasteiger partial charge < -0.3 is 19.9 Å². The lowest BCUT2D eigenvalue weighted by Gasteiger charge is -2.11. The fourth-order valence-corrected chi connectivity index (χ4v) is 2.40. The van der Waals surface area contributed by atoms with E-state index in [0.717, 1.165) is 5.56 Å². The molecule has 0 aliphatic carbocycles. The Morgan fingerprint density at radius 1 is 1.20 bits per heavy atom. The molecule has 0 heterocycles. The van der Waals surface area contributed by atoms with Gasteiger partial charge in [-0.25, -0.2) is 8.42 Å². The molecular weight excluding hydrogens is 282 g/mol. The smallest absolute Gasteiger partial charge is 0.200 e. The van der Waals surface area contributed by atoms with Gasteiger partial charge in [0.15, 0.2) is 21.3 Å². The van der Waals surface area contributed by atoms with E-state index in [4.69, 9.17) is 9.47 Å². The SMILES string of the molecule is CCS(=O)(=O)CCNCc1cc(OC)c(O)c(OC)c1. The Morgan fingerprint density at radius 2 is 1.75 bits per heavy atom. The van der Waals surface area contributed by atoms with Crippen LogP contribution in [0.4, 0.5) is 0 Å². The molecule has 0 aliphatic heterocycles. The monoisotopic (exact) mass is 303 g/mol. The van der Waals surface area contributed by atoms with Gasteiger partial charge in [0.25, 0.3) is 0 Å². The number of hydrogen-bond acceptors (Lipinski definition) is 6. The minimum atomic E-state index is -2.96. The minimum Gasteiger partial charge on any atom is -0.502 e. The highest BCUT2D eigenvalue weighted by Gasteiger charge is 2.11. The summed E-state index contributed by atoms with van der Waals surface area (Å²) >= 11 is 0. The molecule has 0 aliphatic rings. The predicted molar refractivity (Wildman–Crippen MR) is 77.2 cm³/mol. The molecule has 0 spiro atoms. The predicted octanol–water partition coefficient (Wildman–Crippen LogP) is 0.934. The van der Waals surface area contributed by atoms with E-state index in [1.54, 1.807) is 19.1 Å². The molecule has 2 N–H and O–H groups in total. The fourth-order valence-electron chi connectivity index (χ4n) is 1.65. The van der Waals surface area contributed by atoms with Crippen LogP contribution in [0.3, 0.4) is 0 Å². The molecule has 0 aromatic heterocycles. The summed E-state index contributed by atoms with van der Waals surface area (Å²) in [6.45, 7) is 2.47. The van der Waals surface area contributed by atoms with E-state index in [-0.39, 0.29) is 17.3 Å². The minimum absolute atomic E-state index is 0.0488. The van der Waals surface area contributed by atoms with Crippen LogP contribution in [0.15, 0.2) is 12.1 Å². The van der Waals surface area contributed by atoms with Crippen molar-refractivity contribution in [2.24, 2.45) is 0 Å². The molecule has 1 aromatic rings. The molecule has 114 valence electrons. The highest BCUT2D eigenvalue weighted by atomic mass is 32.2. The number of sulfone groups is 1. The zero-order valence-corrected chi connectivity index (χ0v) is 12.8. The van der Waals surface area contributed by atoms with Crippen molar-refractivity contribution in [2.45, 2.75) is 13.5 Å². The van der Waals surface area contributed by atoms with Crippen molar-refractivity contribution in [3.8, 4) is 17.2 Å². The number of benzene rings is 1. The molecule has 1 aromatic carbocycles. The van der Waals surface area contributed by atoms with Crippen molar-refractivity contribution in [1.29, 1.82) is 0 Å². The van der Waals surface area contributed by atoms with Crippen LogP contribution >= 0.6 is 0 Å². The Labute approximate surface area is 119 Å². The van der Waals surface area contributed by atoms with Gasteiger partial charge in [-0.05, 0) is 17.7 Å². The summed E-state index contributed by atoms with van der Waals surface area (Å²) in [5.41, 5.74) is 0.838. The molecule has 0 fully saturated rings. The first-order valence-electron chi connectivity index (χ1n) is 6.28. The number of nitrogens with one attached hydrogen (secondary N) is 1. The number of ether oxygens (including phenoxy) is 2. The Morgan fingerprint density at radius 3 is 2.20 bits per heavy atom. The zero-order valence-electron chi connectivity index (χ0n) is 12.0. The average molecular weight is 303 g/mol. The van der Waals surface area contributed by atoms with Crippen LogP contribution in [0.2, 0.25) is 0 Å². The molecule has 0 saturated carbocycles. The van der Waals surface area contributed by atoms with Crippen LogP contribution in [0.1, 0.15) is 12.5 Å². The largest absolute Gasteiger partial charge is 0.502 e. The van der Waals surface area contributed by atoms with E-state index in [1.807, 2.05) is 0 Å². The number of aromatic hydroxyl groups is 1. The summed E-state index contributed by atoms with van der Waals surface area (Å²) in [5.74, 6) is 0.850. The molecule has 7 heteroatoms. The third-order valence-electron chi connectivity index (χ3n) is 2.90. The second-order valence-corrected chi connectivity index (χ2v) is 6.73. The molecule has 0 radical (unpaired) electrons. The summed E-state index contributed by atoms with van der Waals surface area (Å²) < 4.78 is 32.8. The Balaban J connectivity index is 2.65. The molecule has 0 unspecified atom stereocenters. The summed E-state index contributed by atoms with van der Waals surface area (Å²) in [5, 5.41) is 12.8. The van der Waals surface area contributed by atoms with Gasteiger partial charge in [-0.1, -0.05) is 6.92 Å². The molecule has 0 saturated heterocycles. The van der Waals surface area contributed by atoms with Crippen molar-refractivity contribution in [1.82, 2.24) is 5.32 Å². The number of hydrogen-bond donors (Lipinski definition) is 2. The highest BCUT2D eigenvalue weighted by Crippen LogP contribution is 2.36. The number of rotatable bonds is 8. The Hall–Kier alpha value is -1.47. The van der Waals surface area contributed by atoms with E-state index in [2.05, 4.69) is 5.32 Å². The van der Waals surface area contributed by atoms with Gasteiger partial charge in [0, 0.05) is 18.8 Å². The second kappa shape index (κ2) is 7.35. The topological polar surface area (TPSA) is 84.9 Å². The van der Waals surface area contributed by atoms with E-state index in [0.29, 0.717) is 24.6 Å². The normalized spacial score (nSPS) is 11.3. The van der Waals surface area contributed by atoms with E-state index in [9.17, 15) is 13.5 Å². The van der Waals surface area contributed by atoms with Gasteiger partial charge in [0.05, 0.1) is 20.0 Å².